The Labute approximate surface area is 181 Å². The number of hydrogen-bond donors (Lipinski definition) is 1. The zero-order chi connectivity index (χ0) is 20.9. The first-order valence-electron chi connectivity index (χ1n) is 10.2. The molecule has 5 nitrogen and oxygen atoms in total. The summed E-state index contributed by atoms with van der Waals surface area (Å²) in [6.07, 6.45) is 3.43. The number of pyridine rings is 1. The van der Waals surface area contributed by atoms with Crippen LogP contribution in [-0.4, -0.2) is 29.3 Å². The lowest BCUT2D eigenvalue weighted by Gasteiger charge is -2.22. The fraction of sp³-hybridized carbons (Fsp3) is 0.292. The maximum atomic E-state index is 9.97. The molecule has 1 aromatic heterocycles. The number of para-hydroxylation sites is 1. The molecule has 0 saturated carbocycles. The van der Waals surface area contributed by atoms with E-state index in [1.165, 1.54) is 0 Å². The fourth-order valence-electron chi connectivity index (χ4n) is 3.74. The van der Waals surface area contributed by atoms with Gasteiger partial charge in [0.1, 0.15) is 22.6 Å². The van der Waals surface area contributed by atoms with Crippen molar-refractivity contribution in [1.82, 2.24) is 4.98 Å². The predicted octanol–water partition coefficient (Wildman–Crippen LogP) is 5.24. The number of benzene rings is 2. The third-order valence-corrected chi connectivity index (χ3v) is 5.58. The highest BCUT2D eigenvalue weighted by molar-refractivity contribution is 6.31. The molecule has 1 fully saturated rings. The van der Waals surface area contributed by atoms with Gasteiger partial charge >= 0.3 is 0 Å². The lowest BCUT2D eigenvalue weighted by atomic mass is 10.1. The summed E-state index contributed by atoms with van der Waals surface area (Å²) in [5.41, 5.74) is 2.98. The van der Waals surface area contributed by atoms with Crippen LogP contribution in [0, 0.1) is 0 Å². The Morgan fingerprint density at radius 1 is 1.13 bits per heavy atom. The van der Waals surface area contributed by atoms with E-state index in [4.69, 9.17) is 21.1 Å². The summed E-state index contributed by atoms with van der Waals surface area (Å²) < 4.78 is 12.1. The van der Waals surface area contributed by atoms with Gasteiger partial charge in [-0.25, -0.2) is 4.98 Å². The average Bonchev–Trinajstić information content (AvgIpc) is 3.24. The van der Waals surface area contributed by atoms with E-state index in [9.17, 15) is 5.11 Å². The fourth-order valence-corrected chi connectivity index (χ4v) is 3.91. The summed E-state index contributed by atoms with van der Waals surface area (Å²) in [6.45, 7) is 3.59. The van der Waals surface area contributed by atoms with Crippen LogP contribution in [0.4, 0.5) is 5.69 Å². The maximum absolute atomic E-state index is 9.97. The normalized spacial score (nSPS) is 16.0. The molecule has 3 aromatic rings. The van der Waals surface area contributed by atoms with Crippen LogP contribution in [0.2, 0.25) is 5.02 Å². The zero-order valence-electron chi connectivity index (χ0n) is 16.9. The van der Waals surface area contributed by atoms with Crippen molar-refractivity contribution in [2.45, 2.75) is 32.5 Å². The van der Waals surface area contributed by atoms with Crippen molar-refractivity contribution in [3.05, 3.63) is 76.9 Å². The summed E-state index contributed by atoms with van der Waals surface area (Å²) in [6, 6.07) is 17.4. The number of aromatic nitrogens is 1. The summed E-state index contributed by atoms with van der Waals surface area (Å²) >= 11 is 6.16. The van der Waals surface area contributed by atoms with Crippen molar-refractivity contribution in [3.8, 4) is 17.4 Å². The zero-order valence-corrected chi connectivity index (χ0v) is 17.7. The van der Waals surface area contributed by atoms with Gasteiger partial charge in [0.05, 0.1) is 13.2 Å². The molecular formula is C24H25ClN2O3. The average molecular weight is 425 g/mol. The van der Waals surface area contributed by atoms with E-state index in [0.717, 1.165) is 47.7 Å². The van der Waals surface area contributed by atoms with Crippen molar-refractivity contribution < 1.29 is 14.6 Å². The molecule has 1 saturated heterocycles. The van der Waals surface area contributed by atoms with E-state index < -0.39 is 0 Å². The molecule has 0 radical (unpaired) electrons. The molecule has 156 valence electrons. The standard InChI is InChI=1S/C24H25ClN2O3/c1-2-17-6-3-4-8-23(17)29-19-9-10-22(18(14-19)16-28)27-13-11-20(15-27)30-24-21(25)7-5-12-26-24/h3-10,12,14,20,28H,2,11,13,15-16H2,1H3/t20-/m0/s1. The largest absolute Gasteiger partial charge is 0.471 e. The van der Waals surface area contributed by atoms with Crippen LogP contribution in [0.15, 0.2) is 60.8 Å². The van der Waals surface area contributed by atoms with Gasteiger partial charge in [0, 0.05) is 30.4 Å². The van der Waals surface area contributed by atoms with Crippen molar-refractivity contribution in [2.75, 3.05) is 18.0 Å². The first-order chi connectivity index (χ1) is 14.7. The number of halogens is 1. The molecule has 4 rings (SSSR count). The number of hydrogen-bond acceptors (Lipinski definition) is 5. The van der Waals surface area contributed by atoms with E-state index in [-0.39, 0.29) is 12.7 Å². The maximum Gasteiger partial charge on any atom is 0.232 e. The second-order valence-corrected chi connectivity index (χ2v) is 7.68. The number of aliphatic hydroxyl groups is 1. The Bertz CT molecular complexity index is 1010. The molecule has 1 aliphatic rings. The monoisotopic (exact) mass is 424 g/mol. The second-order valence-electron chi connectivity index (χ2n) is 7.28. The molecule has 2 heterocycles. The minimum atomic E-state index is -0.0595. The molecule has 1 aliphatic heterocycles. The van der Waals surface area contributed by atoms with Gasteiger partial charge in [-0.1, -0.05) is 36.7 Å². The van der Waals surface area contributed by atoms with Gasteiger partial charge in [-0.2, -0.15) is 0 Å². The van der Waals surface area contributed by atoms with Crippen molar-refractivity contribution >= 4 is 17.3 Å². The Morgan fingerprint density at radius 2 is 2.00 bits per heavy atom. The highest BCUT2D eigenvalue weighted by Gasteiger charge is 2.26. The van der Waals surface area contributed by atoms with Gasteiger partial charge in [0.2, 0.25) is 5.88 Å². The lowest BCUT2D eigenvalue weighted by Crippen LogP contribution is -2.25. The van der Waals surface area contributed by atoms with Crippen LogP contribution < -0.4 is 14.4 Å². The number of ether oxygens (including phenoxy) is 2. The van der Waals surface area contributed by atoms with Gasteiger partial charge in [-0.3, -0.25) is 0 Å². The molecule has 1 atom stereocenters. The van der Waals surface area contributed by atoms with E-state index >= 15 is 0 Å². The molecule has 0 aliphatic carbocycles. The van der Waals surface area contributed by atoms with Gasteiger partial charge in [0.15, 0.2) is 0 Å². The smallest absolute Gasteiger partial charge is 0.232 e. The number of aliphatic hydroxyl groups excluding tert-OH is 1. The summed E-state index contributed by atoms with van der Waals surface area (Å²) in [4.78, 5) is 6.43. The summed E-state index contributed by atoms with van der Waals surface area (Å²) in [7, 11) is 0. The quantitative estimate of drug-likeness (QED) is 0.562. The molecule has 0 unspecified atom stereocenters. The number of nitrogens with zero attached hydrogens (tertiary/aromatic N) is 2. The number of rotatable bonds is 7. The molecule has 0 amide bonds. The Balaban J connectivity index is 1.47. The molecule has 2 aromatic carbocycles. The Kier molecular flexibility index (Phi) is 6.41. The number of anilines is 1. The molecular weight excluding hydrogens is 400 g/mol. The highest BCUT2D eigenvalue weighted by atomic mass is 35.5. The van der Waals surface area contributed by atoms with Crippen molar-refractivity contribution in [3.63, 3.8) is 0 Å². The van der Waals surface area contributed by atoms with Gasteiger partial charge in [-0.05, 0) is 48.4 Å². The van der Waals surface area contributed by atoms with Crippen molar-refractivity contribution in [2.24, 2.45) is 0 Å². The van der Waals surface area contributed by atoms with E-state index in [1.807, 2.05) is 36.4 Å². The van der Waals surface area contributed by atoms with Crippen LogP contribution in [0.5, 0.6) is 17.4 Å². The van der Waals surface area contributed by atoms with Crippen LogP contribution in [0.25, 0.3) is 0 Å². The first kappa shape index (κ1) is 20.5. The minimum Gasteiger partial charge on any atom is -0.471 e. The summed E-state index contributed by atoms with van der Waals surface area (Å²) in [5, 5.41) is 10.5. The van der Waals surface area contributed by atoms with E-state index in [1.54, 1.807) is 18.3 Å². The number of aryl methyl sites for hydroxylation is 1. The third-order valence-electron chi connectivity index (χ3n) is 5.29. The molecule has 6 heteroatoms. The van der Waals surface area contributed by atoms with Gasteiger partial charge < -0.3 is 19.5 Å². The molecule has 30 heavy (non-hydrogen) atoms. The predicted molar refractivity (Wildman–Crippen MR) is 119 cm³/mol. The van der Waals surface area contributed by atoms with Crippen LogP contribution in [-0.2, 0) is 13.0 Å². The Hall–Kier alpha value is -2.76. The third kappa shape index (κ3) is 4.53. The Morgan fingerprint density at radius 3 is 2.80 bits per heavy atom. The second kappa shape index (κ2) is 9.37. The minimum absolute atomic E-state index is 0.00343. The van der Waals surface area contributed by atoms with E-state index in [0.29, 0.717) is 17.4 Å². The van der Waals surface area contributed by atoms with Crippen LogP contribution >= 0.6 is 11.6 Å². The van der Waals surface area contributed by atoms with Crippen molar-refractivity contribution in [1.29, 1.82) is 0 Å². The molecule has 1 N–H and O–H groups in total. The SMILES string of the molecule is CCc1ccccc1Oc1ccc(N2CC[C@H](Oc3ncccc3Cl)C2)c(CO)c1. The lowest BCUT2D eigenvalue weighted by molar-refractivity contribution is 0.216. The first-order valence-corrected chi connectivity index (χ1v) is 10.6. The van der Waals surface area contributed by atoms with Gasteiger partial charge in [0.25, 0.3) is 0 Å². The molecule has 0 spiro atoms. The van der Waals surface area contributed by atoms with E-state index in [2.05, 4.69) is 22.9 Å². The highest BCUT2D eigenvalue weighted by Crippen LogP contribution is 2.33. The van der Waals surface area contributed by atoms with Crippen LogP contribution in [0.3, 0.4) is 0 Å². The topological polar surface area (TPSA) is 54.8 Å². The molecule has 0 bridgehead atoms. The van der Waals surface area contributed by atoms with Crippen LogP contribution in [0.1, 0.15) is 24.5 Å². The van der Waals surface area contributed by atoms with Gasteiger partial charge in [-0.15, -0.1) is 0 Å². The summed E-state index contributed by atoms with van der Waals surface area (Å²) in [5.74, 6) is 2.03.